The zero-order chi connectivity index (χ0) is 12.3. The number of halogens is 2. The van der Waals surface area contributed by atoms with Gasteiger partial charge in [-0.1, -0.05) is 18.2 Å². The molecule has 0 saturated heterocycles. The molecule has 1 aromatic heterocycles. The Labute approximate surface area is 96.8 Å². The van der Waals surface area contributed by atoms with Crippen LogP contribution in [0.25, 0.3) is 11.4 Å². The molecule has 1 aromatic carbocycles. The van der Waals surface area contributed by atoms with Crippen molar-refractivity contribution in [2.24, 2.45) is 0 Å². The Morgan fingerprint density at radius 3 is 2.76 bits per heavy atom. The summed E-state index contributed by atoms with van der Waals surface area (Å²) in [4.78, 5) is 8.05. The van der Waals surface area contributed by atoms with Crippen LogP contribution < -0.4 is 0 Å². The first kappa shape index (κ1) is 11.6. The first-order valence-electron chi connectivity index (χ1n) is 5.02. The van der Waals surface area contributed by atoms with Crippen molar-refractivity contribution >= 4 is 0 Å². The molecule has 2 rings (SSSR count). The number of aliphatic hydroxyl groups is 1. The van der Waals surface area contributed by atoms with E-state index in [0.717, 1.165) is 0 Å². The summed E-state index contributed by atoms with van der Waals surface area (Å²) in [6.45, 7) is -0.204. The molecule has 88 valence electrons. The second-order valence-corrected chi connectivity index (χ2v) is 3.46. The first-order valence-corrected chi connectivity index (χ1v) is 5.02. The number of benzene rings is 1. The number of hydrogen-bond donors (Lipinski definition) is 1. The summed E-state index contributed by atoms with van der Waals surface area (Å²) in [6, 6.07) is 7.46. The van der Waals surface area contributed by atoms with Crippen LogP contribution in [0.5, 0.6) is 0 Å². The maximum atomic E-state index is 12.5. The number of rotatable bonds is 3. The molecule has 5 heteroatoms. The van der Waals surface area contributed by atoms with Gasteiger partial charge in [0.25, 0.3) is 6.43 Å². The van der Waals surface area contributed by atoms with E-state index in [2.05, 4.69) is 9.97 Å². The minimum absolute atomic E-state index is 0.0690. The van der Waals surface area contributed by atoms with E-state index in [-0.39, 0.29) is 12.2 Å². The third-order valence-electron chi connectivity index (χ3n) is 2.27. The van der Waals surface area contributed by atoms with E-state index in [1.54, 1.807) is 12.1 Å². The summed E-state index contributed by atoms with van der Waals surface area (Å²) >= 11 is 0. The predicted molar refractivity (Wildman–Crippen MR) is 58.3 cm³/mol. The molecule has 0 amide bonds. The highest BCUT2D eigenvalue weighted by molar-refractivity contribution is 5.56. The van der Waals surface area contributed by atoms with E-state index in [0.29, 0.717) is 17.1 Å². The van der Waals surface area contributed by atoms with E-state index >= 15 is 0 Å². The van der Waals surface area contributed by atoms with Crippen molar-refractivity contribution in [3.05, 3.63) is 47.8 Å². The summed E-state index contributed by atoms with van der Waals surface area (Å²) in [6.07, 6.45) is -1.03. The molecule has 0 unspecified atom stereocenters. The molecule has 2 aromatic rings. The molecule has 1 heterocycles. The van der Waals surface area contributed by atoms with Gasteiger partial charge in [0.2, 0.25) is 0 Å². The molecule has 0 bridgehead atoms. The molecule has 0 aliphatic rings. The van der Waals surface area contributed by atoms with E-state index < -0.39 is 6.43 Å². The van der Waals surface area contributed by atoms with E-state index in [9.17, 15) is 8.78 Å². The standard InChI is InChI=1S/C12H10F2N2O/c13-11(14)8-2-1-3-9(6-8)12-15-5-4-10(7-17)16-12/h1-6,11,17H,7H2. The Morgan fingerprint density at radius 2 is 2.06 bits per heavy atom. The van der Waals surface area contributed by atoms with Gasteiger partial charge < -0.3 is 5.11 Å². The van der Waals surface area contributed by atoms with Gasteiger partial charge in [0.15, 0.2) is 5.82 Å². The number of nitrogens with zero attached hydrogens (tertiary/aromatic N) is 2. The Morgan fingerprint density at radius 1 is 1.24 bits per heavy atom. The average molecular weight is 236 g/mol. The lowest BCUT2D eigenvalue weighted by atomic mass is 10.1. The van der Waals surface area contributed by atoms with Crippen molar-refractivity contribution in [3.8, 4) is 11.4 Å². The van der Waals surface area contributed by atoms with E-state index in [1.165, 1.54) is 24.4 Å². The Hall–Kier alpha value is -1.88. The zero-order valence-corrected chi connectivity index (χ0v) is 8.85. The van der Waals surface area contributed by atoms with Gasteiger partial charge >= 0.3 is 0 Å². The first-order chi connectivity index (χ1) is 8.20. The fourth-order valence-electron chi connectivity index (χ4n) is 1.44. The van der Waals surface area contributed by atoms with Gasteiger partial charge in [-0.3, -0.25) is 0 Å². The largest absolute Gasteiger partial charge is 0.390 e. The van der Waals surface area contributed by atoms with E-state index in [1.807, 2.05) is 0 Å². The summed E-state index contributed by atoms with van der Waals surface area (Å²) < 4.78 is 25.1. The monoisotopic (exact) mass is 236 g/mol. The van der Waals surface area contributed by atoms with Crippen LogP contribution in [0.15, 0.2) is 36.5 Å². The highest BCUT2D eigenvalue weighted by Crippen LogP contribution is 2.23. The average Bonchev–Trinajstić information content (AvgIpc) is 2.39. The minimum atomic E-state index is -2.52. The fourth-order valence-corrected chi connectivity index (χ4v) is 1.44. The highest BCUT2D eigenvalue weighted by Gasteiger charge is 2.09. The summed E-state index contributed by atoms with van der Waals surface area (Å²) in [5.74, 6) is 0.332. The maximum absolute atomic E-state index is 12.5. The third-order valence-corrected chi connectivity index (χ3v) is 2.27. The molecule has 3 nitrogen and oxygen atoms in total. The SMILES string of the molecule is OCc1ccnc(-c2cccc(C(F)F)c2)n1. The molecule has 0 atom stereocenters. The van der Waals surface area contributed by atoms with Gasteiger partial charge in [0.1, 0.15) is 0 Å². The maximum Gasteiger partial charge on any atom is 0.263 e. The van der Waals surface area contributed by atoms with Crippen LogP contribution >= 0.6 is 0 Å². The van der Waals surface area contributed by atoms with Crippen molar-refractivity contribution < 1.29 is 13.9 Å². The van der Waals surface area contributed by atoms with Crippen LogP contribution in [-0.2, 0) is 6.61 Å². The van der Waals surface area contributed by atoms with Crippen LogP contribution in [0, 0.1) is 0 Å². The molecule has 0 radical (unpaired) electrons. The van der Waals surface area contributed by atoms with Crippen LogP contribution in [0.1, 0.15) is 17.7 Å². The molecule has 0 aliphatic heterocycles. The van der Waals surface area contributed by atoms with Gasteiger partial charge in [-0.05, 0) is 12.1 Å². The number of alkyl halides is 2. The summed E-state index contributed by atoms with van der Waals surface area (Å²) in [5.41, 5.74) is 0.899. The summed E-state index contributed by atoms with van der Waals surface area (Å²) in [7, 11) is 0. The van der Waals surface area contributed by atoms with Crippen LogP contribution in [0.3, 0.4) is 0 Å². The molecule has 0 fully saturated rings. The highest BCUT2D eigenvalue weighted by atomic mass is 19.3. The topological polar surface area (TPSA) is 46.0 Å². The Balaban J connectivity index is 2.41. The zero-order valence-electron chi connectivity index (χ0n) is 8.85. The van der Waals surface area contributed by atoms with Gasteiger partial charge in [-0.15, -0.1) is 0 Å². The lowest BCUT2D eigenvalue weighted by Crippen LogP contribution is -1.95. The van der Waals surface area contributed by atoms with Gasteiger partial charge in [0.05, 0.1) is 12.3 Å². The minimum Gasteiger partial charge on any atom is -0.390 e. The fraction of sp³-hybridized carbons (Fsp3) is 0.167. The molecule has 0 saturated carbocycles. The molecular formula is C12H10F2N2O. The summed E-state index contributed by atoms with van der Waals surface area (Å²) in [5, 5.41) is 8.94. The van der Waals surface area contributed by atoms with Gasteiger partial charge in [-0.25, -0.2) is 18.7 Å². The van der Waals surface area contributed by atoms with Crippen LogP contribution in [0.4, 0.5) is 8.78 Å². The smallest absolute Gasteiger partial charge is 0.263 e. The number of aromatic nitrogens is 2. The second-order valence-electron chi connectivity index (χ2n) is 3.46. The van der Waals surface area contributed by atoms with Gasteiger partial charge in [-0.2, -0.15) is 0 Å². The molecule has 1 N–H and O–H groups in total. The van der Waals surface area contributed by atoms with Crippen molar-refractivity contribution in [1.29, 1.82) is 0 Å². The van der Waals surface area contributed by atoms with Crippen molar-refractivity contribution in [1.82, 2.24) is 9.97 Å². The predicted octanol–water partition coefficient (Wildman–Crippen LogP) is 2.57. The lowest BCUT2D eigenvalue weighted by molar-refractivity contribution is 0.151. The number of aliphatic hydroxyl groups excluding tert-OH is 1. The van der Waals surface area contributed by atoms with Gasteiger partial charge in [0, 0.05) is 17.3 Å². The molecule has 17 heavy (non-hydrogen) atoms. The quantitative estimate of drug-likeness (QED) is 0.890. The van der Waals surface area contributed by atoms with Crippen molar-refractivity contribution in [3.63, 3.8) is 0 Å². The Kier molecular flexibility index (Phi) is 3.39. The van der Waals surface area contributed by atoms with E-state index in [4.69, 9.17) is 5.11 Å². The van der Waals surface area contributed by atoms with Crippen molar-refractivity contribution in [2.75, 3.05) is 0 Å². The van der Waals surface area contributed by atoms with Crippen molar-refractivity contribution in [2.45, 2.75) is 13.0 Å². The van der Waals surface area contributed by atoms with Crippen LogP contribution in [0.2, 0.25) is 0 Å². The molecule has 0 spiro atoms. The lowest BCUT2D eigenvalue weighted by Gasteiger charge is -2.04. The molecular weight excluding hydrogens is 226 g/mol. The Bertz CT molecular complexity index is 517. The normalized spacial score (nSPS) is 10.8. The molecule has 0 aliphatic carbocycles. The second kappa shape index (κ2) is 4.97. The van der Waals surface area contributed by atoms with Crippen LogP contribution in [-0.4, -0.2) is 15.1 Å². The third kappa shape index (κ3) is 2.62. The number of hydrogen-bond acceptors (Lipinski definition) is 3.